The third-order valence-electron chi connectivity index (χ3n) is 4.07. The number of hydrogen-bond acceptors (Lipinski definition) is 2. The first-order valence-corrected chi connectivity index (χ1v) is 5.86. The van der Waals surface area contributed by atoms with Crippen LogP contribution in [0, 0.1) is 5.92 Å². The van der Waals surface area contributed by atoms with E-state index in [2.05, 4.69) is 10.2 Å². The molecule has 0 aromatic carbocycles. The van der Waals surface area contributed by atoms with Crippen molar-refractivity contribution >= 4 is 5.91 Å². The fourth-order valence-electron chi connectivity index (χ4n) is 2.94. The summed E-state index contributed by atoms with van der Waals surface area (Å²) in [6.45, 7) is 2.04. The highest BCUT2D eigenvalue weighted by atomic mass is 16.2. The quantitative estimate of drug-likeness (QED) is 0.703. The van der Waals surface area contributed by atoms with Gasteiger partial charge in [0, 0.05) is 31.6 Å². The smallest absolute Gasteiger partial charge is 0.223 e. The van der Waals surface area contributed by atoms with E-state index in [0.717, 1.165) is 25.4 Å². The average molecular weight is 194 g/mol. The lowest BCUT2D eigenvalue weighted by Crippen LogP contribution is -2.69. The largest absolute Gasteiger partial charge is 0.334 e. The number of piperidine rings is 1. The molecule has 2 bridgehead atoms. The Bertz CT molecular complexity index is 236. The fourth-order valence-corrected chi connectivity index (χ4v) is 2.94. The van der Waals surface area contributed by atoms with Crippen LogP contribution in [0.1, 0.15) is 32.1 Å². The van der Waals surface area contributed by atoms with E-state index in [1.165, 1.54) is 25.7 Å². The molecule has 2 atom stereocenters. The van der Waals surface area contributed by atoms with Gasteiger partial charge in [-0.25, -0.2) is 0 Å². The molecular formula is C11H18N2O. The number of piperazine rings is 1. The second-order valence-electron chi connectivity index (χ2n) is 5.00. The molecule has 3 rings (SSSR count). The Balaban J connectivity index is 1.56. The Morgan fingerprint density at radius 2 is 2.00 bits per heavy atom. The molecule has 0 spiro atoms. The topological polar surface area (TPSA) is 32.3 Å². The van der Waals surface area contributed by atoms with Gasteiger partial charge in [0.05, 0.1) is 0 Å². The SMILES string of the molecule is O=C(CC1CCC1)N1C2CNCC1C2. The lowest BCUT2D eigenvalue weighted by Gasteiger charge is -2.53. The predicted octanol–water partition coefficient (Wildman–Crippen LogP) is 0.749. The van der Waals surface area contributed by atoms with Gasteiger partial charge < -0.3 is 10.2 Å². The molecule has 1 amide bonds. The molecule has 3 aliphatic rings. The van der Waals surface area contributed by atoms with Crippen LogP contribution in [0.5, 0.6) is 0 Å². The maximum Gasteiger partial charge on any atom is 0.223 e. The summed E-state index contributed by atoms with van der Waals surface area (Å²) < 4.78 is 0. The molecule has 1 saturated carbocycles. The maximum atomic E-state index is 11.9. The molecule has 1 N–H and O–H groups in total. The van der Waals surface area contributed by atoms with Gasteiger partial charge in [-0.2, -0.15) is 0 Å². The Kier molecular flexibility index (Phi) is 2.01. The lowest BCUT2D eigenvalue weighted by atomic mass is 9.81. The van der Waals surface area contributed by atoms with E-state index < -0.39 is 0 Å². The fraction of sp³-hybridized carbons (Fsp3) is 0.909. The standard InChI is InChI=1S/C11H18N2O/c14-11(4-8-2-1-3-8)13-9-5-10(13)7-12-6-9/h8-10,12H,1-7H2. The molecule has 0 aromatic rings. The van der Waals surface area contributed by atoms with E-state index in [1.54, 1.807) is 0 Å². The number of nitrogens with zero attached hydrogens (tertiary/aromatic N) is 1. The van der Waals surface area contributed by atoms with Crippen molar-refractivity contribution in [1.29, 1.82) is 0 Å². The second-order valence-corrected chi connectivity index (χ2v) is 5.00. The molecule has 3 heteroatoms. The van der Waals surface area contributed by atoms with Crippen LogP contribution in [0.4, 0.5) is 0 Å². The van der Waals surface area contributed by atoms with Gasteiger partial charge >= 0.3 is 0 Å². The monoisotopic (exact) mass is 194 g/mol. The molecule has 2 aliphatic heterocycles. The van der Waals surface area contributed by atoms with E-state index >= 15 is 0 Å². The lowest BCUT2D eigenvalue weighted by molar-refractivity contribution is -0.149. The van der Waals surface area contributed by atoms with E-state index in [0.29, 0.717) is 18.0 Å². The van der Waals surface area contributed by atoms with Crippen LogP contribution >= 0.6 is 0 Å². The minimum Gasteiger partial charge on any atom is -0.334 e. The molecule has 2 unspecified atom stereocenters. The van der Waals surface area contributed by atoms with Crippen molar-refractivity contribution in [2.24, 2.45) is 5.92 Å². The zero-order valence-corrected chi connectivity index (χ0v) is 8.54. The summed E-state index contributed by atoms with van der Waals surface area (Å²) in [4.78, 5) is 14.1. The highest BCUT2D eigenvalue weighted by molar-refractivity contribution is 5.78. The van der Waals surface area contributed by atoms with Crippen LogP contribution in [0.2, 0.25) is 0 Å². The van der Waals surface area contributed by atoms with E-state index in [-0.39, 0.29) is 0 Å². The number of carbonyl (C=O) groups is 1. The first-order chi connectivity index (χ1) is 6.84. The van der Waals surface area contributed by atoms with Gasteiger partial charge in [-0.3, -0.25) is 4.79 Å². The molecule has 3 nitrogen and oxygen atoms in total. The molecule has 14 heavy (non-hydrogen) atoms. The van der Waals surface area contributed by atoms with Crippen LogP contribution in [0.15, 0.2) is 0 Å². The number of amides is 1. The van der Waals surface area contributed by atoms with Crippen LogP contribution in [-0.2, 0) is 4.79 Å². The van der Waals surface area contributed by atoms with Gasteiger partial charge in [-0.15, -0.1) is 0 Å². The Hall–Kier alpha value is -0.570. The highest BCUT2D eigenvalue weighted by Gasteiger charge is 2.44. The second kappa shape index (κ2) is 3.23. The number of carbonyl (C=O) groups excluding carboxylic acids is 1. The number of hydrogen-bond donors (Lipinski definition) is 1. The third-order valence-corrected chi connectivity index (χ3v) is 4.07. The molecule has 0 aromatic heterocycles. The van der Waals surface area contributed by atoms with Gasteiger partial charge in [-0.05, 0) is 25.2 Å². The van der Waals surface area contributed by atoms with Crippen molar-refractivity contribution in [2.45, 2.75) is 44.2 Å². The van der Waals surface area contributed by atoms with Gasteiger partial charge in [0.1, 0.15) is 0 Å². The minimum absolute atomic E-state index is 0.428. The predicted molar refractivity (Wildman–Crippen MR) is 53.9 cm³/mol. The Labute approximate surface area is 84.8 Å². The third kappa shape index (κ3) is 1.26. The van der Waals surface area contributed by atoms with Crippen molar-refractivity contribution in [3.63, 3.8) is 0 Å². The summed E-state index contributed by atoms with van der Waals surface area (Å²) >= 11 is 0. The summed E-state index contributed by atoms with van der Waals surface area (Å²) in [5.74, 6) is 1.15. The molecule has 1 aliphatic carbocycles. The minimum atomic E-state index is 0.428. The van der Waals surface area contributed by atoms with E-state index in [4.69, 9.17) is 0 Å². The summed E-state index contributed by atoms with van der Waals surface area (Å²) in [6.07, 6.45) is 5.98. The highest BCUT2D eigenvalue weighted by Crippen LogP contribution is 2.34. The van der Waals surface area contributed by atoms with Crippen LogP contribution in [0.25, 0.3) is 0 Å². The number of rotatable bonds is 2. The average Bonchev–Trinajstić information content (AvgIpc) is 2.12. The molecule has 78 valence electrons. The first-order valence-electron chi connectivity index (χ1n) is 5.86. The van der Waals surface area contributed by atoms with E-state index in [9.17, 15) is 4.79 Å². The number of fused-ring (bicyclic) bond motifs is 2. The van der Waals surface area contributed by atoms with Crippen LogP contribution in [-0.4, -0.2) is 36.0 Å². The summed E-state index contributed by atoms with van der Waals surface area (Å²) in [5.41, 5.74) is 0. The summed E-state index contributed by atoms with van der Waals surface area (Å²) in [7, 11) is 0. The normalized spacial score (nSPS) is 36.1. The van der Waals surface area contributed by atoms with Crippen molar-refractivity contribution in [1.82, 2.24) is 10.2 Å². The molecule has 3 fully saturated rings. The van der Waals surface area contributed by atoms with Gasteiger partial charge in [0.2, 0.25) is 5.91 Å². The molecule has 0 radical (unpaired) electrons. The zero-order valence-electron chi connectivity index (χ0n) is 8.54. The van der Waals surface area contributed by atoms with Crippen molar-refractivity contribution < 1.29 is 4.79 Å². The first kappa shape index (κ1) is 8.72. The Morgan fingerprint density at radius 1 is 1.29 bits per heavy atom. The van der Waals surface area contributed by atoms with Gasteiger partial charge in [-0.1, -0.05) is 6.42 Å². The Morgan fingerprint density at radius 3 is 2.50 bits per heavy atom. The molecule has 2 saturated heterocycles. The van der Waals surface area contributed by atoms with E-state index in [1.807, 2.05) is 0 Å². The number of nitrogens with one attached hydrogen (secondary N) is 1. The summed E-state index contributed by atoms with van der Waals surface area (Å²) in [5, 5.41) is 3.36. The van der Waals surface area contributed by atoms with Gasteiger partial charge in [0.25, 0.3) is 0 Å². The van der Waals surface area contributed by atoms with Crippen molar-refractivity contribution in [3.05, 3.63) is 0 Å². The van der Waals surface area contributed by atoms with Crippen molar-refractivity contribution in [2.75, 3.05) is 13.1 Å². The molecule has 2 heterocycles. The maximum absolute atomic E-state index is 11.9. The van der Waals surface area contributed by atoms with Crippen molar-refractivity contribution in [3.8, 4) is 0 Å². The van der Waals surface area contributed by atoms with Crippen LogP contribution in [0.3, 0.4) is 0 Å². The van der Waals surface area contributed by atoms with Gasteiger partial charge in [0.15, 0.2) is 0 Å². The summed E-state index contributed by atoms with van der Waals surface area (Å²) in [6, 6.07) is 1.06. The van der Waals surface area contributed by atoms with Crippen LogP contribution < -0.4 is 5.32 Å². The zero-order chi connectivity index (χ0) is 9.54. The molecular weight excluding hydrogens is 176 g/mol.